The lowest BCUT2D eigenvalue weighted by Gasteiger charge is -2.29. The van der Waals surface area contributed by atoms with E-state index in [0.717, 1.165) is 5.56 Å². The highest BCUT2D eigenvalue weighted by Crippen LogP contribution is 2.23. The van der Waals surface area contributed by atoms with Gasteiger partial charge in [0.25, 0.3) is 0 Å². The third-order valence-corrected chi connectivity index (χ3v) is 5.18. The monoisotopic (exact) mass is 314 g/mol. The Hall–Kier alpha value is -1.60. The molecule has 1 aromatic rings. The van der Waals surface area contributed by atoms with Crippen LogP contribution in [0.4, 0.5) is 5.69 Å². The largest absolute Gasteiger partial charge is 0.469 e. The van der Waals surface area contributed by atoms with Crippen molar-refractivity contribution in [2.75, 3.05) is 31.6 Å². The molecule has 118 valence electrons. The van der Waals surface area contributed by atoms with Crippen LogP contribution in [0.1, 0.15) is 18.9 Å². The van der Waals surface area contributed by atoms with Crippen LogP contribution in [0.5, 0.6) is 0 Å². The van der Waals surface area contributed by atoms with Gasteiger partial charge in [-0.15, -0.1) is 0 Å². The Kier molecular flexibility index (Phi) is 6.17. The van der Waals surface area contributed by atoms with E-state index < -0.39 is 16.2 Å². The minimum atomic E-state index is -3.67. The van der Waals surface area contributed by atoms with Crippen molar-refractivity contribution in [2.24, 2.45) is 0 Å². The molecule has 0 amide bonds. The number of methoxy groups -OCH3 is 1. The van der Waals surface area contributed by atoms with Gasteiger partial charge in [0.05, 0.1) is 19.2 Å². The number of nitrogens with zero attached hydrogens (tertiary/aromatic N) is 2. The number of aryl methyl sites for hydroxylation is 1. The minimum absolute atomic E-state index is 0.0254. The van der Waals surface area contributed by atoms with Crippen LogP contribution < -0.4 is 4.31 Å². The van der Waals surface area contributed by atoms with E-state index in [1.54, 1.807) is 19.1 Å². The lowest BCUT2D eigenvalue weighted by Crippen LogP contribution is -2.43. The number of rotatable bonds is 7. The van der Waals surface area contributed by atoms with Crippen LogP contribution in [0.15, 0.2) is 24.3 Å². The van der Waals surface area contributed by atoms with Gasteiger partial charge >= 0.3 is 16.2 Å². The van der Waals surface area contributed by atoms with Crippen LogP contribution in [0.25, 0.3) is 0 Å². The second-order valence-corrected chi connectivity index (χ2v) is 6.57. The predicted molar refractivity (Wildman–Crippen MR) is 82.4 cm³/mol. The maximum Gasteiger partial charge on any atom is 0.306 e. The molecule has 0 saturated carbocycles. The molecule has 0 aromatic heterocycles. The zero-order valence-electron chi connectivity index (χ0n) is 12.9. The fraction of sp³-hybridized carbons (Fsp3) is 0.500. The fourth-order valence-electron chi connectivity index (χ4n) is 1.94. The Balaban J connectivity index is 2.98. The second kappa shape index (κ2) is 7.42. The summed E-state index contributed by atoms with van der Waals surface area (Å²) < 4.78 is 32.3. The molecule has 0 fully saturated rings. The normalized spacial score (nSPS) is 11.5. The van der Waals surface area contributed by atoms with Crippen molar-refractivity contribution in [3.05, 3.63) is 29.8 Å². The summed E-state index contributed by atoms with van der Waals surface area (Å²) in [5, 5.41) is 0. The summed E-state index contributed by atoms with van der Waals surface area (Å²) in [7, 11) is -0.934. The van der Waals surface area contributed by atoms with E-state index in [-0.39, 0.29) is 13.0 Å². The number of anilines is 1. The number of para-hydroxylation sites is 1. The summed E-state index contributed by atoms with van der Waals surface area (Å²) in [6.45, 7) is 4.03. The van der Waals surface area contributed by atoms with Gasteiger partial charge in [-0.05, 0) is 25.5 Å². The first kappa shape index (κ1) is 17.5. The lowest BCUT2D eigenvalue weighted by molar-refractivity contribution is -0.140. The molecule has 0 unspecified atom stereocenters. The Labute approximate surface area is 126 Å². The number of carbonyl (C=O) groups is 1. The maximum atomic E-state index is 12.6. The Morgan fingerprint density at radius 3 is 2.43 bits per heavy atom. The minimum Gasteiger partial charge on any atom is -0.469 e. The van der Waals surface area contributed by atoms with Crippen molar-refractivity contribution in [1.29, 1.82) is 0 Å². The lowest BCUT2D eigenvalue weighted by atomic mass is 10.2. The first-order valence-corrected chi connectivity index (χ1v) is 8.10. The molecule has 6 nitrogen and oxygen atoms in total. The van der Waals surface area contributed by atoms with E-state index in [4.69, 9.17) is 0 Å². The van der Waals surface area contributed by atoms with E-state index in [0.29, 0.717) is 12.2 Å². The van der Waals surface area contributed by atoms with Crippen molar-refractivity contribution in [3.63, 3.8) is 0 Å². The van der Waals surface area contributed by atoms with Gasteiger partial charge in [-0.3, -0.25) is 9.10 Å². The van der Waals surface area contributed by atoms with Gasteiger partial charge in [-0.2, -0.15) is 12.7 Å². The van der Waals surface area contributed by atoms with Crippen molar-refractivity contribution in [1.82, 2.24) is 4.31 Å². The van der Waals surface area contributed by atoms with Gasteiger partial charge in [0.2, 0.25) is 0 Å². The molecule has 1 rings (SSSR count). The molecule has 0 aliphatic heterocycles. The molecule has 0 aliphatic carbocycles. The first-order chi connectivity index (χ1) is 9.84. The molecule has 0 atom stereocenters. The van der Waals surface area contributed by atoms with E-state index in [1.807, 2.05) is 19.1 Å². The van der Waals surface area contributed by atoms with Gasteiger partial charge in [0.15, 0.2) is 0 Å². The van der Waals surface area contributed by atoms with E-state index >= 15 is 0 Å². The molecule has 0 bridgehead atoms. The first-order valence-electron chi connectivity index (χ1n) is 6.71. The van der Waals surface area contributed by atoms with Crippen molar-refractivity contribution in [2.45, 2.75) is 20.3 Å². The summed E-state index contributed by atoms with van der Waals surface area (Å²) in [6, 6.07) is 7.29. The number of esters is 1. The summed E-state index contributed by atoms with van der Waals surface area (Å²) >= 11 is 0. The van der Waals surface area contributed by atoms with Crippen LogP contribution >= 0.6 is 0 Å². The highest BCUT2D eigenvalue weighted by atomic mass is 32.2. The van der Waals surface area contributed by atoms with Gasteiger partial charge in [-0.1, -0.05) is 18.2 Å². The number of ether oxygens (including phenoxy) is 1. The van der Waals surface area contributed by atoms with Gasteiger partial charge < -0.3 is 4.74 Å². The summed E-state index contributed by atoms with van der Waals surface area (Å²) in [6.07, 6.45) is 0.0254. The standard InChI is InChI=1S/C14H22N2O4S/c1-5-16(13-9-7-6-8-12(13)2)21(18,19)15(3)11-10-14(17)20-4/h6-9H,5,10-11H2,1-4H3. The molecule has 0 spiro atoms. The summed E-state index contributed by atoms with van der Waals surface area (Å²) in [5.74, 6) is -0.434. The zero-order chi connectivity index (χ0) is 16.0. The molecule has 21 heavy (non-hydrogen) atoms. The van der Waals surface area contributed by atoms with E-state index in [9.17, 15) is 13.2 Å². The average Bonchev–Trinajstić information content (AvgIpc) is 2.46. The van der Waals surface area contributed by atoms with Crippen LogP contribution in [-0.4, -0.2) is 45.9 Å². The Morgan fingerprint density at radius 2 is 1.90 bits per heavy atom. The third kappa shape index (κ3) is 4.18. The molecular weight excluding hydrogens is 292 g/mol. The quantitative estimate of drug-likeness (QED) is 0.716. The summed E-state index contributed by atoms with van der Waals surface area (Å²) in [5.41, 5.74) is 1.52. The zero-order valence-corrected chi connectivity index (χ0v) is 13.7. The second-order valence-electron chi connectivity index (χ2n) is 4.61. The smallest absolute Gasteiger partial charge is 0.306 e. The van der Waals surface area contributed by atoms with Crippen LogP contribution in [0, 0.1) is 6.92 Å². The molecular formula is C14H22N2O4S. The molecule has 0 radical (unpaired) electrons. The van der Waals surface area contributed by atoms with Gasteiger partial charge in [0, 0.05) is 20.1 Å². The fourth-order valence-corrected chi connectivity index (χ4v) is 3.37. The van der Waals surface area contributed by atoms with Gasteiger partial charge in [-0.25, -0.2) is 0 Å². The van der Waals surface area contributed by atoms with Crippen molar-refractivity contribution >= 4 is 21.9 Å². The molecule has 0 heterocycles. The molecule has 1 aromatic carbocycles. The molecule has 0 saturated heterocycles. The number of benzene rings is 1. The predicted octanol–water partition coefficient (Wildman–Crippen LogP) is 1.56. The van der Waals surface area contributed by atoms with E-state index in [1.165, 1.54) is 22.8 Å². The highest BCUT2D eigenvalue weighted by Gasteiger charge is 2.27. The van der Waals surface area contributed by atoms with Crippen molar-refractivity contribution in [3.8, 4) is 0 Å². The van der Waals surface area contributed by atoms with Crippen molar-refractivity contribution < 1.29 is 17.9 Å². The Morgan fingerprint density at radius 1 is 1.29 bits per heavy atom. The molecule has 7 heteroatoms. The SMILES string of the molecule is CCN(c1ccccc1C)S(=O)(=O)N(C)CCC(=O)OC. The third-order valence-electron chi connectivity index (χ3n) is 3.20. The van der Waals surface area contributed by atoms with Crippen LogP contribution in [0.3, 0.4) is 0 Å². The number of hydrogen-bond acceptors (Lipinski definition) is 4. The average molecular weight is 314 g/mol. The maximum absolute atomic E-state index is 12.6. The number of hydrogen-bond donors (Lipinski definition) is 0. The Bertz CT molecular complexity index is 586. The molecule has 0 aliphatic rings. The van der Waals surface area contributed by atoms with E-state index in [2.05, 4.69) is 4.74 Å². The molecule has 0 N–H and O–H groups in total. The number of carbonyl (C=O) groups excluding carboxylic acids is 1. The van der Waals surface area contributed by atoms with Crippen LogP contribution in [0.2, 0.25) is 0 Å². The summed E-state index contributed by atoms with van der Waals surface area (Å²) in [4.78, 5) is 11.1. The van der Waals surface area contributed by atoms with Crippen LogP contribution in [-0.2, 0) is 19.7 Å². The topological polar surface area (TPSA) is 66.9 Å². The van der Waals surface area contributed by atoms with Gasteiger partial charge in [0.1, 0.15) is 0 Å². The highest BCUT2D eigenvalue weighted by molar-refractivity contribution is 7.90.